The number of rotatable bonds is 9. The van der Waals surface area contributed by atoms with E-state index in [0.29, 0.717) is 24.4 Å². The molecule has 0 saturated heterocycles. The fourth-order valence-corrected chi connectivity index (χ4v) is 3.79. The maximum atomic E-state index is 12.4. The van der Waals surface area contributed by atoms with Gasteiger partial charge in [0.05, 0.1) is 11.1 Å². The van der Waals surface area contributed by atoms with Crippen molar-refractivity contribution < 1.29 is 14.7 Å². The molecule has 1 aromatic carbocycles. The summed E-state index contributed by atoms with van der Waals surface area (Å²) < 4.78 is 0. The lowest BCUT2D eigenvalue weighted by Crippen LogP contribution is -2.34. The molecule has 0 spiro atoms. The van der Waals surface area contributed by atoms with E-state index in [4.69, 9.17) is 0 Å². The van der Waals surface area contributed by atoms with Gasteiger partial charge in [0.15, 0.2) is 0 Å². The second-order valence-electron chi connectivity index (χ2n) is 7.24. The molecule has 0 atom stereocenters. The number of aliphatic carboxylic acids is 1. The molecule has 150 valence electrons. The molecule has 0 radical (unpaired) electrons. The number of carbonyl (C=O) groups excluding carboxylic acids is 1. The number of carboxylic acids is 1. The van der Waals surface area contributed by atoms with Gasteiger partial charge in [0.2, 0.25) is 5.91 Å². The number of aromatic nitrogens is 1. The Labute approximate surface area is 170 Å². The number of hydrogen-bond acceptors (Lipinski definition) is 4. The first kappa shape index (κ1) is 21.8. The maximum absolute atomic E-state index is 12.4. The Kier molecular flexibility index (Phi) is 7.52. The zero-order chi connectivity index (χ0) is 20.7. The lowest BCUT2D eigenvalue weighted by atomic mass is 9.79. The number of carboxylic acid groups (broad SMARTS) is 1. The van der Waals surface area contributed by atoms with Crippen LogP contribution in [-0.2, 0) is 9.59 Å². The topological polar surface area (TPSA) is 79.3 Å². The van der Waals surface area contributed by atoms with Crippen LogP contribution < -0.4 is 5.32 Å². The molecular weight excluding hydrogens is 372 g/mol. The second kappa shape index (κ2) is 9.64. The largest absolute Gasteiger partial charge is 0.481 e. The van der Waals surface area contributed by atoms with Crippen molar-refractivity contribution >= 4 is 41.1 Å². The average molecular weight is 401 g/mol. The Bertz CT molecular complexity index is 851. The van der Waals surface area contributed by atoms with Gasteiger partial charge in [0.1, 0.15) is 5.01 Å². The molecule has 1 amide bonds. The monoisotopic (exact) mass is 400 g/mol. The van der Waals surface area contributed by atoms with E-state index in [1.54, 1.807) is 31.3 Å². The molecule has 0 saturated carbocycles. The van der Waals surface area contributed by atoms with Crippen LogP contribution in [0.15, 0.2) is 29.6 Å². The number of thiazole rings is 1. The van der Waals surface area contributed by atoms with E-state index < -0.39 is 11.4 Å². The van der Waals surface area contributed by atoms with E-state index in [0.717, 1.165) is 16.3 Å². The summed E-state index contributed by atoms with van der Waals surface area (Å²) in [7, 11) is 0. The molecule has 2 aromatic rings. The van der Waals surface area contributed by atoms with Crippen LogP contribution in [0.25, 0.3) is 12.2 Å². The molecular formula is C22H28N2O3S. The summed E-state index contributed by atoms with van der Waals surface area (Å²) in [5.41, 5.74) is 1.66. The molecule has 28 heavy (non-hydrogen) atoms. The SMILES string of the molecule is CCC(CC)(CC(=O)Nc1cccc(/C=C\c2nc(C(C)C)cs2)c1)C(=O)O. The number of nitrogens with one attached hydrogen (secondary N) is 1. The number of nitrogens with zero attached hydrogens (tertiary/aromatic N) is 1. The first-order valence-corrected chi connectivity index (χ1v) is 10.4. The summed E-state index contributed by atoms with van der Waals surface area (Å²) in [6, 6.07) is 7.48. The Morgan fingerprint density at radius 2 is 1.96 bits per heavy atom. The molecule has 5 nitrogen and oxygen atoms in total. The molecule has 2 N–H and O–H groups in total. The highest BCUT2D eigenvalue weighted by molar-refractivity contribution is 7.10. The van der Waals surface area contributed by atoms with Gasteiger partial charge in [0.25, 0.3) is 0 Å². The summed E-state index contributed by atoms with van der Waals surface area (Å²) in [6.45, 7) is 7.84. The summed E-state index contributed by atoms with van der Waals surface area (Å²) in [5, 5.41) is 15.3. The lowest BCUT2D eigenvalue weighted by molar-refractivity contribution is -0.151. The van der Waals surface area contributed by atoms with Crippen molar-refractivity contribution in [3.63, 3.8) is 0 Å². The van der Waals surface area contributed by atoms with Crippen LogP contribution in [0.5, 0.6) is 0 Å². The smallest absolute Gasteiger partial charge is 0.310 e. The number of benzene rings is 1. The van der Waals surface area contributed by atoms with Crippen molar-refractivity contribution in [2.75, 3.05) is 5.32 Å². The van der Waals surface area contributed by atoms with E-state index >= 15 is 0 Å². The molecule has 2 rings (SSSR count). The molecule has 0 bridgehead atoms. The van der Waals surface area contributed by atoms with Crippen LogP contribution in [0.4, 0.5) is 5.69 Å². The van der Waals surface area contributed by atoms with Gasteiger partial charge in [-0.1, -0.05) is 45.9 Å². The molecule has 0 aliphatic heterocycles. The van der Waals surface area contributed by atoms with E-state index in [1.165, 1.54) is 0 Å². The van der Waals surface area contributed by atoms with Crippen molar-refractivity contribution in [1.82, 2.24) is 4.98 Å². The highest BCUT2D eigenvalue weighted by Crippen LogP contribution is 2.31. The molecule has 1 aromatic heterocycles. The van der Waals surface area contributed by atoms with Crippen LogP contribution in [-0.4, -0.2) is 22.0 Å². The van der Waals surface area contributed by atoms with Gasteiger partial charge in [-0.2, -0.15) is 0 Å². The summed E-state index contributed by atoms with van der Waals surface area (Å²) in [6.07, 6.45) is 4.72. The number of carbonyl (C=O) groups is 2. The predicted molar refractivity (Wildman–Crippen MR) is 115 cm³/mol. The molecule has 0 unspecified atom stereocenters. The average Bonchev–Trinajstić information content (AvgIpc) is 3.14. The number of hydrogen-bond donors (Lipinski definition) is 2. The Morgan fingerprint density at radius 3 is 2.54 bits per heavy atom. The van der Waals surface area contributed by atoms with Crippen molar-refractivity contribution in [3.8, 4) is 0 Å². The summed E-state index contributed by atoms with van der Waals surface area (Å²) in [5.74, 6) is -0.802. The van der Waals surface area contributed by atoms with Gasteiger partial charge < -0.3 is 10.4 Å². The minimum Gasteiger partial charge on any atom is -0.481 e. The third-order valence-electron chi connectivity index (χ3n) is 5.03. The third kappa shape index (κ3) is 5.52. The minimum atomic E-state index is -1.01. The fourth-order valence-electron chi connectivity index (χ4n) is 2.92. The number of amides is 1. The second-order valence-corrected chi connectivity index (χ2v) is 8.13. The van der Waals surface area contributed by atoms with Crippen molar-refractivity contribution in [3.05, 3.63) is 45.9 Å². The normalized spacial score (nSPS) is 11.9. The van der Waals surface area contributed by atoms with E-state index in [2.05, 4.69) is 29.5 Å². The Morgan fingerprint density at radius 1 is 1.25 bits per heavy atom. The van der Waals surface area contributed by atoms with Crippen LogP contribution in [0.2, 0.25) is 0 Å². The van der Waals surface area contributed by atoms with Crippen LogP contribution in [0.3, 0.4) is 0 Å². The molecule has 0 fully saturated rings. The van der Waals surface area contributed by atoms with Gasteiger partial charge in [0, 0.05) is 17.5 Å². The quantitative estimate of drug-likeness (QED) is 0.569. The zero-order valence-corrected chi connectivity index (χ0v) is 17.7. The highest BCUT2D eigenvalue weighted by Gasteiger charge is 2.37. The first-order chi connectivity index (χ1) is 13.3. The molecule has 1 heterocycles. The lowest BCUT2D eigenvalue weighted by Gasteiger charge is -2.25. The first-order valence-electron chi connectivity index (χ1n) is 9.56. The third-order valence-corrected chi connectivity index (χ3v) is 5.85. The van der Waals surface area contributed by atoms with Gasteiger partial charge in [-0.15, -0.1) is 11.3 Å². The van der Waals surface area contributed by atoms with Crippen LogP contribution >= 0.6 is 11.3 Å². The van der Waals surface area contributed by atoms with Crippen molar-refractivity contribution in [1.29, 1.82) is 0 Å². The van der Waals surface area contributed by atoms with Crippen molar-refractivity contribution in [2.45, 2.75) is 52.9 Å². The molecule has 6 heteroatoms. The predicted octanol–water partition coefficient (Wildman–Crippen LogP) is 5.66. The van der Waals surface area contributed by atoms with Gasteiger partial charge in [-0.3, -0.25) is 9.59 Å². The minimum absolute atomic E-state index is 0.0352. The maximum Gasteiger partial charge on any atom is 0.310 e. The van der Waals surface area contributed by atoms with Crippen molar-refractivity contribution in [2.24, 2.45) is 5.41 Å². The number of anilines is 1. The van der Waals surface area contributed by atoms with Gasteiger partial charge in [-0.05, 0) is 42.5 Å². The highest BCUT2D eigenvalue weighted by atomic mass is 32.1. The summed E-state index contributed by atoms with van der Waals surface area (Å²) >= 11 is 1.60. The van der Waals surface area contributed by atoms with Gasteiger partial charge in [-0.25, -0.2) is 4.98 Å². The fraction of sp³-hybridized carbons (Fsp3) is 0.409. The molecule has 0 aliphatic rings. The van der Waals surface area contributed by atoms with E-state index in [9.17, 15) is 14.7 Å². The molecule has 0 aliphatic carbocycles. The standard InChI is InChI=1S/C22H28N2O3S/c1-5-22(6-2,21(26)27)13-19(25)23-17-9-7-8-16(12-17)10-11-20-24-18(14-28-20)15(3)4/h7-12,14-15H,5-6,13H2,1-4H3,(H,23,25)(H,26,27)/b11-10-. The van der Waals surface area contributed by atoms with Crippen LogP contribution in [0.1, 0.15) is 69.1 Å². The van der Waals surface area contributed by atoms with Crippen LogP contribution in [0, 0.1) is 5.41 Å². The summed E-state index contributed by atoms with van der Waals surface area (Å²) in [4.78, 5) is 28.6. The zero-order valence-electron chi connectivity index (χ0n) is 16.9. The van der Waals surface area contributed by atoms with E-state index in [-0.39, 0.29) is 12.3 Å². The Balaban J connectivity index is 2.07. The van der Waals surface area contributed by atoms with Gasteiger partial charge >= 0.3 is 5.97 Å². The Hall–Kier alpha value is -2.47. The van der Waals surface area contributed by atoms with E-state index in [1.807, 2.05) is 30.4 Å².